The molecule has 3 aliphatic rings. The fourth-order valence-corrected chi connectivity index (χ4v) is 6.09. The van der Waals surface area contributed by atoms with Crippen LogP contribution >= 0.6 is 0 Å². The lowest BCUT2D eigenvalue weighted by atomic mass is 9.87. The average Bonchev–Trinajstić information content (AvgIpc) is 3.75. The predicted octanol–water partition coefficient (Wildman–Crippen LogP) is 4.30. The molecular formula is C35H56N2O9. The maximum absolute atomic E-state index is 12.5. The first-order valence-corrected chi connectivity index (χ1v) is 16.8. The van der Waals surface area contributed by atoms with Gasteiger partial charge in [0.15, 0.2) is 6.29 Å². The Bertz CT molecular complexity index is 1100. The van der Waals surface area contributed by atoms with Crippen LogP contribution in [0.1, 0.15) is 87.5 Å². The summed E-state index contributed by atoms with van der Waals surface area (Å²) in [5.41, 5.74) is 0.565. The first-order valence-electron chi connectivity index (χ1n) is 16.8. The number of carbonyl (C=O) groups excluding carboxylic acids is 3. The van der Waals surface area contributed by atoms with E-state index < -0.39 is 30.1 Å². The summed E-state index contributed by atoms with van der Waals surface area (Å²) in [6, 6.07) is -0.120. The van der Waals surface area contributed by atoms with Gasteiger partial charge in [-0.1, -0.05) is 37.6 Å². The molecule has 3 saturated heterocycles. The van der Waals surface area contributed by atoms with Crippen molar-refractivity contribution in [3.8, 4) is 0 Å². The Morgan fingerprint density at radius 3 is 2.48 bits per heavy atom. The van der Waals surface area contributed by atoms with Crippen molar-refractivity contribution in [3.63, 3.8) is 0 Å². The molecule has 3 aliphatic heterocycles. The third-order valence-electron chi connectivity index (χ3n) is 8.62. The van der Waals surface area contributed by atoms with Crippen LogP contribution in [0.25, 0.3) is 0 Å². The lowest BCUT2D eigenvalue weighted by Gasteiger charge is -2.40. The molecule has 0 saturated carbocycles. The molecule has 0 aromatic rings. The molecule has 10 atom stereocenters. The van der Waals surface area contributed by atoms with Gasteiger partial charge in [-0.2, -0.15) is 0 Å². The van der Waals surface area contributed by atoms with Crippen molar-refractivity contribution in [2.24, 2.45) is 5.92 Å². The number of allylic oxidation sites excluding steroid dienone is 2. The zero-order valence-corrected chi connectivity index (χ0v) is 28.9. The fourth-order valence-electron chi connectivity index (χ4n) is 6.09. The van der Waals surface area contributed by atoms with Crippen molar-refractivity contribution >= 4 is 17.8 Å². The van der Waals surface area contributed by atoms with Crippen molar-refractivity contribution in [1.82, 2.24) is 10.6 Å². The molecule has 1 spiro atoms. The van der Waals surface area contributed by atoms with Crippen LogP contribution in [0.5, 0.6) is 0 Å². The maximum atomic E-state index is 12.5. The molecule has 2 N–H and O–H groups in total. The van der Waals surface area contributed by atoms with Crippen LogP contribution in [0.2, 0.25) is 0 Å². The van der Waals surface area contributed by atoms with Crippen LogP contribution in [0.3, 0.4) is 0 Å². The van der Waals surface area contributed by atoms with E-state index in [1.165, 1.54) is 13.0 Å². The molecule has 260 valence electrons. The summed E-state index contributed by atoms with van der Waals surface area (Å²) in [5.74, 6) is -0.426. The topological polar surface area (TPSA) is 134 Å². The standard InChI is InChI=1S/C35H56N2O9/c1-9-17-36-33(40)19-28-20-35(21-42-35)34(45-27(8)41-10-2)31(46-28)15-12-22(3)11-14-30-23(4)18-29(25(6)44-30)37-32(39)16-13-24(5)43-26(7)38/h11-13,15-16,23-25,27-31,34H,9-10,14,17-21H2,1-8H3,(H,36,40)(H,37,39)/t23-,24?,25+,27?,28+,29+,30-,31+,34+,35+/m0/s1. The highest BCUT2D eigenvalue weighted by atomic mass is 16.7. The maximum Gasteiger partial charge on any atom is 0.303 e. The molecule has 0 bridgehead atoms. The number of esters is 1. The minimum atomic E-state index is -0.490. The van der Waals surface area contributed by atoms with Gasteiger partial charge in [-0.05, 0) is 65.9 Å². The highest BCUT2D eigenvalue weighted by Gasteiger charge is 2.60. The van der Waals surface area contributed by atoms with Gasteiger partial charge in [-0.3, -0.25) is 14.4 Å². The van der Waals surface area contributed by atoms with E-state index in [4.69, 9.17) is 28.4 Å². The quantitative estimate of drug-likeness (QED) is 0.0827. The third kappa shape index (κ3) is 11.9. The Morgan fingerprint density at radius 2 is 1.83 bits per heavy atom. The van der Waals surface area contributed by atoms with Crippen molar-refractivity contribution < 1.29 is 42.8 Å². The van der Waals surface area contributed by atoms with E-state index in [9.17, 15) is 14.4 Å². The first kappa shape index (κ1) is 37.9. The van der Waals surface area contributed by atoms with Gasteiger partial charge in [0.05, 0.1) is 37.4 Å². The monoisotopic (exact) mass is 648 g/mol. The largest absolute Gasteiger partial charge is 0.459 e. The SMILES string of the molecule is CCCNC(=O)C[C@@H]1C[C@@]2(CO2)[C@H](OC(C)OCC)[C@@H](C=CC(C)=CC[C@@H]2O[C@H](C)[C@H](NC(=O)C=CC(C)OC(C)=O)C[C@@H]2C)O1. The van der Waals surface area contributed by atoms with E-state index in [0.717, 1.165) is 24.8 Å². The van der Waals surface area contributed by atoms with Crippen LogP contribution in [-0.2, 0) is 42.8 Å². The third-order valence-corrected chi connectivity index (χ3v) is 8.62. The molecule has 2 amide bonds. The van der Waals surface area contributed by atoms with E-state index in [-0.39, 0.29) is 54.6 Å². The number of nitrogens with one attached hydrogen (secondary N) is 2. The number of hydrogen-bond donors (Lipinski definition) is 2. The Balaban J connectivity index is 1.60. The number of ether oxygens (including phenoxy) is 6. The molecule has 11 heteroatoms. The minimum Gasteiger partial charge on any atom is -0.459 e. The molecule has 0 aromatic carbocycles. The van der Waals surface area contributed by atoms with Crippen molar-refractivity contribution in [3.05, 3.63) is 36.0 Å². The van der Waals surface area contributed by atoms with Gasteiger partial charge < -0.3 is 39.1 Å². The van der Waals surface area contributed by atoms with Gasteiger partial charge in [-0.25, -0.2) is 0 Å². The summed E-state index contributed by atoms with van der Waals surface area (Å²) >= 11 is 0. The second-order valence-corrected chi connectivity index (χ2v) is 12.8. The van der Waals surface area contributed by atoms with Gasteiger partial charge >= 0.3 is 5.97 Å². The summed E-state index contributed by atoms with van der Waals surface area (Å²) in [5, 5.41) is 5.97. The summed E-state index contributed by atoms with van der Waals surface area (Å²) in [7, 11) is 0. The number of hydrogen-bond acceptors (Lipinski definition) is 9. The normalized spacial score (nSPS) is 32.8. The fraction of sp³-hybridized carbons (Fsp3) is 0.743. The Hall–Kier alpha value is -2.57. The van der Waals surface area contributed by atoms with Crippen LogP contribution in [0.15, 0.2) is 36.0 Å². The molecule has 46 heavy (non-hydrogen) atoms. The van der Waals surface area contributed by atoms with Crippen molar-refractivity contribution in [2.45, 2.75) is 142 Å². The summed E-state index contributed by atoms with van der Waals surface area (Å²) in [6.07, 6.45) is 10.3. The molecule has 0 radical (unpaired) electrons. The molecule has 3 rings (SSSR count). The smallest absolute Gasteiger partial charge is 0.303 e. The highest BCUT2D eigenvalue weighted by Crippen LogP contribution is 2.45. The van der Waals surface area contributed by atoms with Crippen LogP contribution < -0.4 is 10.6 Å². The van der Waals surface area contributed by atoms with Crippen molar-refractivity contribution in [2.75, 3.05) is 19.8 Å². The average molecular weight is 649 g/mol. The Kier molecular flexibility index (Phi) is 14.9. The lowest BCUT2D eigenvalue weighted by molar-refractivity contribution is -0.226. The first-order chi connectivity index (χ1) is 21.8. The molecular weight excluding hydrogens is 592 g/mol. The summed E-state index contributed by atoms with van der Waals surface area (Å²) < 4.78 is 35.8. The number of amides is 2. The molecule has 3 heterocycles. The second kappa shape index (κ2) is 18.1. The molecule has 3 fully saturated rings. The second-order valence-electron chi connectivity index (χ2n) is 12.8. The highest BCUT2D eigenvalue weighted by molar-refractivity contribution is 5.87. The number of carbonyl (C=O) groups is 3. The lowest BCUT2D eigenvalue weighted by Crippen LogP contribution is -2.53. The van der Waals surface area contributed by atoms with E-state index in [1.807, 2.05) is 46.8 Å². The molecule has 0 aromatic heterocycles. The molecule has 0 aliphatic carbocycles. The zero-order chi connectivity index (χ0) is 33.9. The van der Waals surface area contributed by atoms with E-state index in [0.29, 0.717) is 26.2 Å². The van der Waals surface area contributed by atoms with Gasteiger partial charge in [0.1, 0.15) is 23.9 Å². The van der Waals surface area contributed by atoms with Crippen LogP contribution in [0.4, 0.5) is 0 Å². The van der Waals surface area contributed by atoms with Gasteiger partial charge in [0, 0.05) is 32.6 Å². The summed E-state index contributed by atoms with van der Waals surface area (Å²) in [6.45, 7) is 16.8. The van der Waals surface area contributed by atoms with E-state index in [1.54, 1.807) is 13.0 Å². The summed E-state index contributed by atoms with van der Waals surface area (Å²) in [4.78, 5) is 36.0. The molecule has 2 unspecified atom stereocenters. The van der Waals surface area contributed by atoms with E-state index in [2.05, 4.69) is 23.6 Å². The van der Waals surface area contributed by atoms with Gasteiger partial charge in [0.2, 0.25) is 11.8 Å². The van der Waals surface area contributed by atoms with Crippen LogP contribution in [-0.4, -0.2) is 92.1 Å². The van der Waals surface area contributed by atoms with Gasteiger partial charge in [0.25, 0.3) is 0 Å². The van der Waals surface area contributed by atoms with Crippen molar-refractivity contribution in [1.29, 1.82) is 0 Å². The Morgan fingerprint density at radius 1 is 1.09 bits per heavy atom. The zero-order valence-electron chi connectivity index (χ0n) is 28.9. The molecule has 11 nitrogen and oxygen atoms in total. The number of epoxide rings is 1. The Labute approximate surface area is 274 Å². The number of rotatable bonds is 16. The van der Waals surface area contributed by atoms with Crippen LogP contribution in [0, 0.1) is 5.92 Å². The van der Waals surface area contributed by atoms with E-state index >= 15 is 0 Å². The van der Waals surface area contributed by atoms with Gasteiger partial charge in [-0.15, -0.1) is 0 Å². The predicted molar refractivity (Wildman–Crippen MR) is 174 cm³/mol. The minimum absolute atomic E-state index is 0.00855.